The van der Waals surface area contributed by atoms with Crippen LogP contribution in [0.3, 0.4) is 0 Å². The fourth-order valence-corrected chi connectivity index (χ4v) is 1.37. The normalized spacial score (nSPS) is 12.6. The van der Waals surface area contributed by atoms with E-state index in [0.29, 0.717) is 4.47 Å². The molecule has 84 valence electrons. The lowest BCUT2D eigenvalue weighted by molar-refractivity contribution is 0.122. The highest BCUT2D eigenvalue weighted by Crippen LogP contribution is 2.25. The molecule has 0 aliphatic rings. The Labute approximate surface area is 98.9 Å². The van der Waals surface area contributed by atoms with Crippen LogP contribution in [0.4, 0.5) is 8.78 Å². The highest BCUT2D eigenvalue weighted by atomic mass is 79.9. The zero-order valence-corrected chi connectivity index (χ0v) is 9.86. The first kappa shape index (κ1) is 12.7. The summed E-state index contributed by atoms with van der Waals surface area (Å²) in [7, 11) is 0. The molecule has 0 saturated carbocycles. The molecule has 0 aromatic heterocycles. The summed E-state index contributed by atoms with van der Waals surface area (Å²) in [5.74, 6) is -2.39. The maximum absolute atomic E-state index is 13.1. The van der Waals surface area contributed by atoms with E-state index in [-0.39, 0.29) is 18.2 Å². The van der Waals surface area contributed by atoms with Crippen LogP contribution in [0.1, 0.15) is 0 Å². The van der Waals surface area contributed by atoms with Crippen LogP contribution in [-0.4, -0.2) is 23.7 Å². The highest BCUT2D eigenvalue weighted by Gasteiger charge is 2.12. The van der Waals surface area contributed by atoms with E-state index >= 15 is 0 Å². The quantitative estimate of drug-likeness (QED) is 0.684. The average Bonchev–Trinajstić information content (AvgIpc) is 2.20. The molecule has 2 nitrogen and oxygen atoms in total. The molecule has 15 heavy (non-hydrogen) atoms. The summed E-state index contributed by atoms with van der Waals surface area (Å²) in [5.41, 5.74) is 0. The predicted molar refractivity (Wildman–Crippen MR) is 56.3 cm³/mol. The molecule has 1 rings (SSSR count). The monoisotopic (exact) mass is 300 g/mol. The van der Waals surface area contributed by atoms with Crippen LogP contribution < -0.4 is 4.74 Å². The van der Waals surface area contributed by atoms with Crippen LogP contribution in [0.5, 0.6) is 5.75 Å². The van der Waals surface area contributed by atoms with Gasteiger partial charge in [0, 0.05) is 4.47 Å². The molecule has 0 fully saturated rings. The summed E-state index contributed by atoms with van der Waals surface area (Å²) in [6, 6.07) is 2.26. The zero-order valence-electron chi connectivity index (χ0n) is 7.51. The molecule has 1 aromatic rings. The SMILES string of the molecule is OC(CCl)COc1cc(Br)cc(F)c1F. The third-order valence-corrected chi connectivity index (χ3v) is 2.38. The van der Waals surface area contributed by atoms with Crippen LogP contribution in [0.15, 0.2) is 16.6 Å². The average molecular weight is 302 g/mol. The van der Waals surface area contributed by atoms with E-state index in [2.05, 4.69) is 15.9 Å². The molecule has 0 spiro atoms. The van der Waals surface area contributed by atoms with Crippen molar-refractivity contribution in [1.82, 2.24) is 0 Å². The van der Waals surface area contributed by atoms with E-state index in [1.54, 1.807) is 0 Å². The Bertz CT molecular complexity index is 349. The fraction of sp³-hybridized carbons (Fsp3) is 0.333. The van der Waals surface area contributed by atoms with Gasteiger partial charge in [0.05, 0.1) is 5.88 Å². The van der Waals surface area contributed by atoms with Crippen LogP contribution in [-0.2, 0) is 0 Å². The molecule has 1 unspecified atom stereocenters. The minimum Gasteiger partial charge on any atom is -0.488 e. The number of aliphatic hydroxyl groups excluding tert-OH is 1. The van der Waals surface area contributed by atoms with Gasteiger partial charge in [-0.15, -0.1) is 11.6 Å². The third-order valence-electron chi connectivity index (χ3n) is 1.57. The molecular formula is C9H8BrClF2O2. The Balaban J connectivity index is 2.76. The summed E-state index contributed by atoms with van der Waals surface area (Å²) in [6.07, 6.45) is -0.909. The smallest absolute Gasteiger partial charge is 0.200 e. The lowest BCUT2D eigenvalue weighted by Crippen LogP contribution is -2.19. The number of hydrogen-bond acceptors (Lipinski definition) is 2. The minimum absolute atomic E-state index is 0.0297. The van der Waals surface area contributed by atoms with Crippen LogP contribution in [0, 0.1) is 11.6 Å². The van der Waals surface area contributed by atoms with E-state index in [4.69, 9.17) is 21.4 Å². The molecule has 1 aromatic carbocycles. The van der Waals surface area contributed by atoms with Gasteiger partial charge in [-0.25, -0.2) is 4.39 Å². The largest absolute Gasteiger partial charge is 0.488 e. The van der Waals surface area contributed by atoms with Crippen molar-refractivity contribution >= 4 is 27.5 Å². The predicted octanol–water partition coefficient (Wildman–Crippen LogP) is 2.71. The maximum atomic E-state index is 13.1. The topological polar surface area (TPSA) is 29.5 Å². The van der Waals surface area contributed by atoms with Gasteiger partial charge < -0.3 is 9.84 Å². The van der Waals surface area contributed by atoms with E-state index in [9.17, 15) is 8.78 Å². The molecule has 1 N–H and O–H groups in total. The van der Waals surface area contributed by atoms with Gasteiger partial charge in [-0.2, -0.15) is 4.39 Å². The van der Waals surface area contributed by atoms with Crippen LogP contribution >= 0.6 is 27.5 Å². The minimum atomic E-state index is -1.08. The lowest BCUT2D eigenvalue weighted by Gasteiger charge is -2.10. The Morgan fingerprint density at radius 1 is 1.47 bits per heavy atom. The fourth-order valence-electron chi connectivity index (χ4n) is 0.868. The second-order valence-corrected chi connectivity index (χ2v) is 4.04. The van der Waals surface area contributed by atoms with Crippen molar-refractivity contribution in [1.29, 1.82) is 0 Å². The molecule has 0 radical (unpaired) electrons. The number of alkyl halides is 1. The summed E-state index contributed by atoms with van der Waals surface area (Å²) >= 11 is 8.31. The lowest BCUT2D eigenvalue weighted by atomic mass is 10.3. The number of ether oxygens (including phenoxy) is 1. The van der Waals surface area contributed by atoms with Crippen molar-refractivity contribution in [2.24, 2.45) is 0 Å². The first-order valence-electron chi connectivity index (χ1n) is 4.06. The third kappa shape index (κ3) is 3.59. The van der Waals surface area contributed by atoms with E-state index < -0.39 is 17.7 Å². The molecule has 0 aliphatic carbocycles. The van der Waals surface area contributed by atoms with Crippen LogP contribution in [0.2, 0.25) is 0 Å². The molecule has 0 saturated heterocycles. The van der Waals surface area contributed by atoms with Crippen molar-refractivity contribution in [3.8, 4) is 5.75 Å². The first-order valence-corrected chi connectivity index (χ1v) is 5.38. The number of halogens is 4. The van der Waals surface area contributed by atoms with E-state index in [1.807, 2.05) is 0 Å². The first-order chi connectivity index (χ1) is 7.04. The maximum Gasteiger partial charge on any atom is 0.200 e. The molecule has 0 aliphatic heterocycles. The van der Waals surface area contributed by atoms with E-state index in [0.717, 1.165) is 6.07 Å². The molecule has 0 bridgehead atoms. The van der Waals surface area contributed by atoms with Gasteiger partial charge in [0.1, 0.15) is 12.7 Å². The van der Waals surface area contributed by atoms with Crippen LogP contribution in [0.25, 0.3) is 0 Å². The van der Waals surface area contributed by atoms with Crippen molar-refractivity contribution < 1.29 is 18.6 Å². The molecule has 6 heteroatoms. The Morgan fingerprint density at radius 3 is 2.73 bits per heavy atom. The zero-order chi connectivity index (χ0) is 11.4. The van der Waals surface area contributed by atoms with Gasteiger partial charge >= 0.3 is 0 Å². The van der Waals surface area contributed by atoms with Gasteiger partial charge in [0.25, 0.3) is 0 Å². The van der Waals surface area contributed by atoms with Crippen molar-refractivity contribution in [2.45, 2.75) is 6.10 Å². The van der Waals surface area contributed by atoms with Gasteiger partial charge in [-0.05, 0) is 12.1 Å². The molecular weight excluding hydrogens is 293 g/mol. The van der Waals surface area contributed by atoms with Gasteiger partial charge in [0.15, 0.2) is 11.6 Å². The van der Waals surface area contributed by atoms with Crippen molar-refractivity contribution in [3.05, 3.63) is 28.2 Å². The van der Waals surface area contributed by atoms with Crippen molar-refractivity contribution in [2.75, 3.05) is 12.5 Å². The summed E-state index contributed by atoms with van der Waals surface area (Å²) in [6.45, 7) is -0.184. The van der Waals surface area contributed by atoms with Gasteiger partial charge in [-0.1, -0.05) is 15.9 Å². The second kappa shape index (κ2) is 5.63. The number of hydrogen-bond donors (Lipinski definition) is 1. The van der Waals surface area contributed by atoms with Gasteiger partial charge in [0.2, 0.25) is 5.82 Å². The van der Waals surface area contributed by atoms with Gasteiger partial charge in [-0.3, -0.25) is 0 Å². The van der Waals surface area contributed by atoms with E-state index in [1.165, 1.54) is 6.07 Å². The molecule has 0 amide bonds. The summed E-state index contributed by atoms with van der Waals surface area (Å²) in [5, 5.41) is 9.06. The summed E-state index contributed by atoms with van der Waals surface area (Å²) in [4.78, 5) is 0. The molecule has 1 atom stereocenters. The summed E-state index contributed by atoms with van der Waals surface area (Å²) < 4.78 is 31.2. The molecule has 0 heterocycles. The Hall–Kier alpha value is -0.390. The Kier molecular flexibility index (Phi) is 4.76. The number of benzene rings is 1. The number of rotatable bonds is 4. The second-order valence-electron chi connectivity index (χ2n) is 2.82. The Morgan fingerprint density at radius 2 is 2.13 bits per heavy atom. The van der Waals surface area contributed by atoms with Crippen molar-refractivity contribution in [3.63, 3.8) is 0 Å². The standard InChI is InChI=1S/C9H8BrClF2O2/c10-5-1-7(12)9(13)8(2-5)15-4-6(14)3-11/h1-2,6,14H,3-4H2. The highest BCUT2D eigenvalue weighted by molar-refractivity contribution is 9.10. The number of aliphatic hydroxyl groups is 1.